The summed E-state index contributed by atoms with van der Waals surface area (Å²) in [5.41, 5.74) is 4.50. The number of hydrogen-bond donors (Lipinski definition) is 2. The Labute approximate surface area is 133 Å². The van der Waals surface area contributed by atoms with Crippen LogP contribution in [0, 0.1) is 13.8 Å². The molecular formula is C15H17N3O4S. The van der Waals surface area contributed by atoms with Gasteiger partial charge in [-0.05, 0) is 56.7 Å². The molecule has 0 aliphatic carbocycles. The number of rotatable bonds is 4. The summed E-state index contributed by atoms with van der Waals surface area (Å²) in [7, 11) is -3.73. The minimum atomic E-state index is -3.73. The summed E-state index contributed by atoms with van der Waals surface area (Å²) in [4.78, 5) is 11.9. The minimum absolute atomic E-state index is 0.0128. The molecule has 8 heteroatoms. The van der Waals surface area contributed by atoms with Gasteiger partial charge in [0.2, 0.25) is 10.0 Å². The lowest BCUT2D eigenvalue weighted by Crippen LogP contribution is -2.16. The molecule has 23 heavy (non-hydrogen) atoms. The van der Waals surface area contributed by atoms with E-state index in [4.69, 9.17) is 9.56 Å². The monoisotopic (exact) mass is 335 g/mol. The largest absolute Gasteiger partial charge is 0.428 e. The summed E-state index contributed by atoms with van der Waals surface area (Å²) in [6, 6.07) is 7.56. The van der Waals surface area contributed by atoms with Gasteiger partial charge in [-0.3, -0.25) is 5.43 Å². The van der Waals surface area contributed by atoms with Crippen molar-refractivity contribution in [3.05, 3.63) is 57.6 Å². The zero-order valence-corrected chi connectivity index (χ0v) is 13.8. The van der Waals surface area contributed by atoms with Gasteiger partial charge in [0, 0.05) is 0 Å². The van der Waals surface area contributed by atoms with Crippen LogP contribution in [0.3, 0.4) is 0 Å². The summed E-state index contributed by atoms with van der Waals surface area (Å²) in [5.74, 6) is 0.538. The Morgan fingerprint density at radius 1 is 1.22 bits per heavy atom. The van der Waals surface area contributed by atoms with Crippen molar-refractivity contribution in [1.29, 1.82) is 0 Å². The average Bonchev–Trinajstić information content (AvgIpc) is 2.43. The quantitative estimate of drug-likeness (QED) is 0.652. The number of hydrazone groups is 1. The Kier molecular flexibility index (Phi) is 4.67. The van der Waals surface area contributed by atoms with Crippen LogP contribution in [0.15, 0.2) is 49.5 Å². The van der Waals surface area contributed by atoms with Crippen LogP contribution < -0.4 is 16.2 Å². The van der Waals surface area contributed by atoms with Gasteiger partial charge in [-0.25, -0.2) is 18.4 Å². The van der Waals surface area contributed by atoms with Gasteiger partial charge in [0.1, 0.15) is 5.76 Å². The molecule has 0 aliphatic heterocycles. The lowest BCUT2D eigenvalue weighted by atomic mass is 10.1. The number of benzene rings is 1. The highest BCUT2D eigenvalue weighted by Crippen LogP contribution is 2.13. The maximum atomic E-state index is 11.9. The van der Waals surface area contributed by atoms with E-state index < -0.39 is 15.6 Å². The topological polar surface area (TPSA) is 115 Å². The molecule has 122 valence electrons. The lowest BCUT2D eigenvalue weighted by Gasteiger charge is -2.06. The predicted octanol–water partition coefficient (Wildman–Crippen LogP) is 1.74. The molecule has 0 atom stereocenters. The van der Waals surface area contributed by atoms with Crippen LogP contribution in [0.2, 0.25) is 0 Å². The van der Waals surface area contributed by atoms with E-state index >= 15 is 0 Å². The Balaban J connectivity index is 2.25. The number of hydrogen-bond acceptors (Lipinski definition) is 6. The van der Waals surface area contributed by atoms with Gasteiger partial charge >= 0.3 is 5.63 Å². The second-order valence-corrected chi connectivity index (χ2v) is 6.64. The number of primary sulfonamides is 1. The van der Waals surface area contributed by atoms with Gasteiger partial charge in [-0.1, -0.05) is 0 Å². The van der Waals surface area contributed by atoms with E-state index in [1.807, 2.05) is 0 Å². The molecule has 0 amide bonds. The van der Waals surface area contributed by atoms with Crippen molar-refractivity contribution in [2.75, 3.05) is 5.43 Å². The maximum Gasteiger partial charge on any atom is 0.345 e. The van der Waals surface area contributed by atoms with Crippen molar-refractivity contribution in [3.63, 3.8) is 0 Å². The molecule has 0 fully saturated rings. The summed E-state index contributed by atoms with van der Waals surface area (Å²) < 4.78 is 27.4. The van der Waals surface area contributed by atoms with Gasteiger partial charge < -0.3 is 4.42 Å². The smallest absolute Gasteiger partial charge is 0.345 e. The maximum absolute atomic E-state index is 11.9. The van der Waals surface area contributed by atoms with Gasteiger partial charge in [0.25, 0.3) is 0 Å². The van der Waals surface area contributed by atoms with Gasteiger partial charge in [-0.15, -0.1) is 0 Å². The molecule has 3 N–H and O–H groups in total. The van der Waals surface area contributed by atoms with E-state index in [0.717, 1.165) is 5.56 Å². The number of aryl methyl sites for hydroxylation is 2. The Bertz CT molecular complexity index is 913. The molecule has 2 rings (SSSR count). The molecule has 1 aromatic heterocycles. The van der Waals surface area contributed by atoms with Crippen LogP contribution in [0.25, 0.3) is 0 Å². The number of anilines is 1. The molecule has 1 aromatic carbocycles. The van der Waals surface area contributed by atoms with Crippen LogP contribution in [-0.2, 0) is 10.0 Å². The van der Waals surface area contributed by atoms with Crippen LogP contribution in [0.4, 0.5) is 5.69 Å². The number of sulfonamides is 1. The third kappa shape index (κ3) is 4.05. The van der Waals surface area contributed by atoms with Crippen LogP contribution in [0.1, 0.15) is 23.8 Å². The first-order chi connectivity index (χ1) is 10.7. The fourth-order valence-corrected chi connectivity index (χ4v) is 2.64. The third-order valence-corrected chi connectivity index (χ3v) is 4.10. The van der Waals surface area contributed by atoms with E-state index in [1.165, 1.54) is 24.3 Å². The zero-order valence-electron chi connectivity index (χ0n) is 13.0. The molecule has 0 aliphatic rings. The highest BCUT2D eigenvalue weighted by molar-refractivity contribution is 7.89. The first kappa shape index (κ1) is 16.9. The normalized spacial score (nSPS) is 12.3. The molecule has 2 aromatic rings. The van der Waals surface area contributed by atoms with Crippen LogP contribution >= 0.6 is 0 Å². The summed E-state index contributed by atoms with van der Waals surface area (Å²) in [6.45, 7) is 5.19. The third-order valence-electron chi connectivity index (χ3n) is 3.17. The van der Waals surface area contributed by atoms with Crippen molar-refractivity contribution >= 4 is 21.4 Å². The zero-order chi connectivity index (χ0) is 17.2. The van der Waals surface area contributed by atoms with Crippen molar-refractivity contribution in [3.8, 4) is 0 Å². The van der Waals surface area contributed by atoms with Gasteiger partial charge in [-0.2, -0.15) is 5.10 Å². The molecule has 0 saturated carbocycles. The summed E-state index contributed by atoms with van der Waals surface area (Å²) in [6.07, 6.45) is 0. The summed E-state index contributed by atoms with van der Waals surface area (Å²) >= 11 is 0. The number of nitrogens with two attached hydrogens (primary N) is 1. The standard InChI is InChI=1S/C15H17N3O4S/c1-9-8-10(2)22-15(19)14(9)11(3)17-18-12-4-6-13(7-5-12)23(16,20)21/h4-8,18H,1-3H3,(H2,16,20,21)/b17-11-. The van der Waals surface area contributed by atoms with Crippen molar-refractivity contribution in [2.45, 2.75) is 25.7 Å². The molecule has 0 saturated heterocycles. The van der Waals surface area contributed by atoms with Crippen molar-refractivity contribution in [1.82, 2.24) is 0 Å². The highest BCUT2D eigenvalue weighted by atomic mass is 32.2. The van der Waals surface area contributed by atoms with Crippen molar-refractivity contribution in [2.24, 2.45) is 10.2 Å². The number of nitrogens with zero attached hydrogens (tertiary/aromatic N) is 1. The van der Waals surface area contributed by atoms with E-state index in [-0.39, 0.29) is 4.90 Å². The molecule has 0 unspecified atom stereocenters. The number of nitrogens with one attached hydrogen (secondary N) is 1. The van der Waals surface area contributed by atoms with E-state index in [9.17, 15) is 13.2 Å². The SMILES string of the molecule is C/C(=N/Nc1ccc(S(N)(=O)=O)cc1)c1c(C)cc(C)oc1=O. The molecule has 0 spiro atoms. The molecular weight excluding hydrogens is 318 g/mol. The fraction of sp³-hybridized carbons (Fsp3) is 0.200. The molecule has 7 nitrogen and oxygen atoms in total. The van der Waals surface area contributed by atoms with Crippen LogP contribution in [-0.4, -0.2) is 14.1 Å². The van der Waals surface area contributed by atoms with Gasteiger partial charge in [0.05, 0.1) is 21.9 Å². The van der Waals surface area contributed by atoms with Crippen molar-refractivity contribution < 1.29 is 12.8 Å². The average molecular weight is 335 g/mol. The predicted molar refractivity (Wildman–Crippen MR) is 88.1 cm³/mol. The van der Waals surface area contributed by atoms with E-state index in [2.05, 4.69) is 10.5 Å². The molecule has 0 radical (unpaired) electrons. The molecule has 0 bridgehead atoms. The Morgan fingerprint density at radius 2 is 1.83 bits per heavy atom. The Morgan fingerprint density at radius 3 is 2.35 bits per heavy atom. The van der Waals surface area contributed by atoms with E-state index in [0.29, 0.717) is 22.7 Å². The second kappa shape index (κ2) is 6.35. The minimum Gasteiger partial charge on any atom is -0.428 e. The van der Waals surface area contributed by atoms with E-state index in [1.54, 1.807) is 26.8 Å². The first-order valence-corrected chi connectivity index (χ1v) is 8.28. The fourth-order valence-electron chi connectivity index (χ4n) is 2.12. The lowest BCUT2D eigenvalue weighted by molar-refractivity contribution is 0.477. The van der Waals surface area contributed by atoms with Gasteiger partial charge in [0.15, 0.2) is 0 Å². The van der Waals surface area contributed by atoms with Crippen LogP contribution in [0.5, 0.6) is 0 Å². The highest BCUT2D eigenvalue weighted by Gasteiger charge is 2.11. The molecule has 1 heterocycles. The first-order valence-electron chi connectivity index (χ1n) is 6.73. The summed E-state index contributed by atoms with van der Waals surface area (Å²) in [5, 5.41) is 9.16. The second-order valence-electron chi connectivity index (χ2n) is 5.08. The Hall–Kier alpha value is -2.45.